The number of carbonyl (C=O) groups excluding carboxylic acids is 2. The Morgan fingerprint density at radius 1 is 1.18 bits per heavy atom. The first-order chi connectivity index (χ1) is 17.8. The highest BCUT2D eigenvalue weighted by molar-refractivity contribution is 7.92. The van der Waals surface area contributed by atoms with E-state index in [4.69, 9.17) is 11.6 Å². The fourth-order valence-electron chi connectivity index (χ4n) is 5.35. The van der Waals surface area contributed by atoms with Gasteiger partial charge in [0, 0.05) is 31.8 Å². The molecule has 0 bridgehead atoms. The van der Waals surface area contributed by atoms with Crippen LogP contribution in [-0.2, 0) is 26.5 Å². The maximum Gasteiger partial charge on any atom is 0.267 e. The Morgan fingerprint density at radius 3 is 2.45 bits per heavy atom. The van der Waals surface area contributed by atoms with Crippen molar-refractivity contribution in [3.8, 4) is 17.2 Å². The van der Waals surface area contributed by atoms with Gasteiger partial charge in [0.25, 0.3) is 5.92 Å². The third kappa shape index (κ3) is 4.89. The second-order valence-electron chi connectivity index (χ2n) is 10.4. The van der Waals surface area contributed by atoms with Crippen LogP contribution >= 0.6 is 11.6 Å². The van der Waals surface area contributed by atoms with Crippen LogP contribution < -0.4 is 5.32 Å². The molecule has 2 amide bonds. The van der Waals surface area contributed by atoms with Crippen LogP contribution in [0.2, 0.25) is 5.02 Å². The first-order valence-electron chi connectivity index (χ1n) is 12.3. The van der Waals surface area contributed by atoms with Crippen molar-refractivity contribution in [3.63, 3.8) is 0 Å². The molecule has 3 atom stereocenters. The molecule has 9 nitrogen and oxygen atoms in total. The number of hydrogen-bond acceptors (Lipinski definition) is 6. The number of halogens is 3. The summed E-state index contributed by atoms with van der Waals surface area (Å²) in [5.74, 6) is -6.48. The van der Waals surface area contributed by atoms with Gasteiger partial charge >= 0.3 is 0 Å². The Kier molecular flexibility index (Phi) is 6.51. The van der Waals surface area contributed by atoms with Gasteiger partial charge in [-0.2, -0.15) is 10.4 Å². The fraction of sp³-hybridized carbons (Fsp3) is 0.520. The number of likely N-dealkylation sites (tertiary alicyclic amines) is 1. The molecule has 2 aliphatic carbocycles. The molecule has 3 aliphatic rings. The minimum atomic E-state index is -4.09. The Hall–Kier alpha value is -3.04. The van der Waals surface area contributed by atoms with Gasteiger partial charge in [-0.1, -0.05) is 17.7 Å². The van der Waals surface area contributed by atoms with E-state index in [-0.39, 0.29) is 29.3 Å². The van der Waals surface area contributed by atoms with E-state index < -0.39 is 63.2 Å². The molecule has 3 fully saturated rings. The zero-order chi connectivity index (χ0) is 27.5. The number of hydrogen-bond donors (Lipinski definition) is 1. The number of sulfone groups is 1. The van der Waals surface area contributed by atoms with Crippen LogP contribution in [0.4, 0.5) is 8.78 Å². The number of benzene rings is 1. The Morgan fingerprint density at radius 2 is 1.89 bits per heavy atom. The fourth-order valence-corrected chi connectivity index (χ4v) is 7.72. The topological polar surface area (TPSA) is 125 Å². The van der Waals surface area contributed by atoms with Crippen LogP contribution in [0.25, 0.3) is 11.1 Å². The smallest absolute Gasteiger partial charge is 0.267 e. The summed E-state index contributed by atoms with van der Waals surface area (Å²) in [6.07, 6.45) is 3.41. The molecule has 1 aromatic carbocycles. The number of alkyl halides is 2. The number of rotatable bonds is 6. The molecule has 13 heteroatoms. The summed E-state index contributed by atoms with van der Waals surface area (Å²) >= 11 is 6.42. The van der Waals surface area contributed by atoms with Crippen molar-refractivity contribution in [3.05, 3.63) is 35.6 Å². The zero-order valence-electron chi connectivity index (χ0n) is 20.5. The highest BCUT2D eigenvalue weighted by Gasteiger charge is 2.53. The van der Waals surface area contributed by atoms with E-state index in [1.807, 2.05) is 6.07 Å². The van der Waals surface area contributed by atoms with Gasteiger partial charge < -0.3 is 10.2 Å². The molecule has 2 saturated carbocycles. The van der Waals surface area contributed by atoms with Crippen LogP contribution in [0.3, 0.4) is 0 Å². The summed E-state index contributed by atoms with van der Waals surface area (Å²) in [6, 6.07) is 6.55. The summed E-state index contributed by atoms with van der Waals surface area (Å²) in [4.78, 5) is 27.4. The monoisotopic (exact) mass is 565 g/mol. The lowest BCUT2D eigenvalue weighted by Crippen LogP contribution is -2.45. The largest absolute Gasteiger partial charge is 0.338 e. The van der Waals surface area contributed by atoms with Crippen LogP contribution in [0.1, 0.15) is 32.1 Å². The summed E-state index contributed by atoms with van der Waals surface area (Å²) in [6.45, 7) is -0.935. The molecule has 1 aromatic heterocycles. The molecule has 0 radical (unpaired) electrons. The molecule has 2 heterocycles. The van der Waals surface area contributed by atoms with E-state index in [1.54, 1.807) is 30.2 Å². The van der Waals surface area contributed by atoms with Crippen molar-refractivity contribution in [2.45, 2.75) is 53.7 Å². The first kappa shape index (κ1) is 26.6. The number of nitrogens with zero attached hydrogens (tertiary/aromatic N) is 4. The number of aromatic nitrogens is 2. The number of nitrogens with one attached hydrogen (secondary N) is 1. The van der Waals surface area contributed by atoms with E-state index in [9.17, 15) is 32.0 Å². The van der Waals surface area contributed by atoms with Gasteiger partial charge in [-0.25, -0.2) is 17.2 Å². The normalized spacial score (nSPS) is 25.7. The molecule has 1 N–H and O–H groups in total. The van der Waals surface area contributed by atoms with Crippen molar-refractivity contribution in [1.82, 2.24) is 20.0 Å². The van der Waals surface area contributed by atoms with Crippen molar-refractivity contribution >= 4 is 33.3 Å². The third-order valence-electron chi connectivity index (χ3n) is 7.70. The lowest BCUT2D eigenvalue weighted by atomic mass is 9.93. The summed E-state index contributed by atoms with van der Waals surface area (Å²) in [5, 5.41) is 15.0. The van der Waals surface area contributed by atoms with Gasteiger partial charge in [0.1, 0.15) is 5.54 Å². The molecule has 0 unspecified atom stereocenters. The van der Waals surface area contributed by atoms with E-state index in [1.165, 1.54) is 12.1 Å². The molecule has 1 saturated heterocycles. The number of carbonyl (C=O) groups is 2. The number of amides is 2. The molecular formula is C25H26ClF2N5O4S. The van der Waals surface area contributed by atoms with E-state index in [0.29, 0.717) is 18.4 Å². The quantitative estimate of drug-likeness (QED) is 0.574. The predicted molar refractivity (Wildman–Crippen MR) is 133 cm³/mol. The standard InChI is InChI=1S/C25H26ClF2N5O4S/c1-32-12-16(11-30-32)15-2-3-21(20(26)8-15)38(36,37)17-9-18(22(34)31-24(13-29)4-5-24)19(10-17)23(35)33-7-6-25(27,28)14-33/h2-3,8,11-12,17-19H,4-7,9-10,14H2,1H3,(H,31,34)/t17-,18-,19-/m1/s1. The van der Waals surface area contributed by atoms with Crippen LogP contribution in [-0.4, -0.2) is 64.7 Å². The highest BCUT2D eigenvalue weighted by atomic mass is 35.5. The second kappa shape index (κ2) is 9.31. The minimum absolute atomic E-state index is 0.0114. The summed E-state index contributed by atoms with van der Waals surface area (Å²) in [7, 11) is -2.34. The van der Waals surface area contributed by atoms with E-state index in [2.05, 4.69) is 10.4 Å². The lowest BCUT2D eigenvalue weighted by molar-refractivity contribution is -0.141. The van der Waals surface area contributed by atoms with Gasteiger partial charge in [-0.3, -0.25) is 14.3 Å². The van der Waals surface area contributed by atoms with Crippen molar-refractivity contribution in [2.24, 2.45) is 18.9 Å². The van der Waals surface area contributed by atoms with Gasteiger partial charge in [-0.05, 0) is 43.4 Å². The van der Waals surface area contributed by atoms with E-state index >= 15 is 0 Å². The molecule has 1 aliphatic heterocycles. The van der Waals surface area contributed by atoms with Crippen molar-refractivity contribution in [1.29, 1.82) is 5.26 Å². The lowest BCUT2D eigenvalue weighted by Gasteiger charge is -2.24. The van der Waals surface area contributed by atoms with Crippen LogP contribution in [0, 0.1) is 23.2 Å². The first-order valence-corrected chi connectivity index (χ1v) is 14.2. The van der Waals surface area contributed by atoms with Crippen molar-refractivity contribution in [2.75, 3.05) is 13.1 Å². The number of nitriles is 1. The zero-order valence-corrected chi connectivity index (χ0v) is 22.1. The Balaban J connectivity index is 1.42. The molecule has 202 valence electrons. The maximum absolute atomic E-state index is 13.8. The molecule has 38 heavy (non-hydrogen) atoms. The Labute approximate surface area is 223 Å². The minimum Gasteiger partial charge on any atom is -0.338 e. The second-order valence-corrected chi connectivity index (χ2v) is 13.1. The van der Waals surface area contributed by atoms with Crippen LogP contribution in [0.15, 0.2) is 35.5 Å². The summed E-state index contributed by atoms with van der Waals surface area (Å²) in [5.41, 5.74) is 0.392. The summed E-state index contributed by atoms with van der Waals surface area (Å²) < 4.78 is 56.7. The third-order valence-corrected chi connectivity index (χ3v) is 10.4. The van der Waals surface area contributed by atoms with E-state index in [0.717, 1.165) is 10.5 Å². The SMILES string of the molecule is Cn1cc(-c2ccc(S(=O)(=O)[C@@H]3C[C@@H](C(=O)NC4(C#N)CC4)[C@H](C(=O)N4CCC(F)(F)C4)C3)c(Cl)c2)cn1. The number of aryl methyl sites for hydroxylation is 1. The molecule has 5 rings (SSSR count). The molecule has 2 aromatic rings. The highest BCUT2D eigenvalue weighted by Crippen LogP contribution is 2.43. The maximum atomic E-state index is 13.8. The van der Waals surface area contributed by atoms with Gasteiger partial charge in [0.15, 0.2) is 9.84 Å². The average molecular weight is 566 g/mol. The molecule has 0 spiro atoms. The molecular weight excluding hydrogens is 540 g/mol. The average Bonchev–Trinajstić information content (AvgIpc) is 3.17. The van der Waals surface area contributed by atoms with Crippen LogP contribution in [0.5, 0.6) is 0 Å². The van der Waals surface area contributed by atoms with Gasteiger partial charge in [-0.15, -0.1) is 0 Å². The van der Waals surface area contributed by atoms with Crippen molar-refractivity contribution < 1.29 is 26.8 Å². The predicted octanol–water partition coefficient (Wildman–Crippen LogP) is 2.95. The Bertz CT molecular complexity index is 1450. The van der Waals surface area contributed by atoms with Gasteiger partial charge in [0.05, 0.1) is 45.8 Å². The van der Waals surface area contributed by atoms with Gasteiger partial charge in [0.2, 0.25) is 11.8 Å².